The zero-order valence-electron chi connectivity index (χ0n) is 18.9. The third-order valence-electron chi connectivity index (χ3n) is 3.63. The van der Waals surface area contributed by atoms with Crippen LogP contribution in [-0.4, -0.2) is 123 Å². The predicted octanol–water partition coefficient (Wildman–Crippen LogP) is -0.266. The van der Waals surface area contributed by atoms with E-state index in [0.717, 1.165) is 26.2 Å². The van der Waals surface area contributed by atoms with E-state index in [1.54, 1.807) is 0 Å². The lowest BCUT2D eigenvalue weighted by Crippen LogP contribution is -2.30. The van der Waals surface area contributed by atoms with Gasteiger partial charge in [-0.1, -0.05) is 0 Å². The lowest BCUT2D eigenvalue weighted by Gasteiger charge is -2.09. The molecule has 0 amide bonds. The lowest BCUT2D eigenvalue weighted by atomic mass is 10.5. The van der Waals surface area contributed by atoms with Gasteiger partial charge in [-0.25, -0.2) is 0 Å². The summed E-state index contributed by atoms with van der Waals surface area (Å²) in [4.78, 5) is 10.3. The molecule has 0 fully saturated rings. The van der Waals surface area contributed by atoms with Crippen molar-refractivity contribution in [3.05, 3.63) is 0 Å². The van der Waals surface area contributed by atoms with Crippen LogP contribution in [0.5, 0.6) is 0 Å². The van der Waals surface area contributed by atoms with Crippen molar-refractivity contribution in [3.63, 3.8) is 0 Å². The van der Waals surface area contributed by atoms with Gasteiger partial charge >= 0.3 is 5.97 Å². The zero-order chi connectivity index (χ0) is 22.7. The molecule has 3 N–H and O–H groups in total. The van der Waals surface area contributed by atoms with Gasteiger partial charge in [-0.05, 0) is 6.92 Å². The summed E-state index contributed by atoms with van der Waals surface area (Å²) >= 11 is 0. The van der Waals surface area contributed by atoms with Gasteiger partial charge in [0, 0.05) is 26.2 Å². The van der Waals surface area contributed by atoms with E-state index < -0.39 is 5.97 Å². The Morgan fingerprint density at radius 3 is 1.45 bits per heavy atom. The van der Waals surface area contributed by atoms with Crippen molar-refractivity contribution in [1.82, 2.24) is 10.6 Å². The zero-order valence-corrected chi connectivity index (χ0v) is 18.9. The molecule has 0 aliphatic carbocycles. The molecule has 0 unspecified atom stereocenters. The van der Waals surface area contributed by atoms with Crippen molar-refractivity contribution in [1.29, 1.82) is 0 Å². The average molecular weight is 455 g/mol. The van der Waals surface area contributed by atoms with Crippen LogP contribution >= 0.6 is 0 Å². The first-order chi connectivity index (χ1) is 15.3. The minimum atomic E-state index is -0.866. The highest BCUT2D eigenvalue weighted by molar-refractivity contribution is 5.66. The second-order valence-corrected chi connectivity index (χ2v) is 6.21. The minimum Gasteiger partial charge on any atom is -0.481 e. The normalized spacial score (nSPS) is 11.3. The molecular weight excluding hydrogens is 412 g/mol. The molecule has 0 aliphatic rings. The molecule has 0 atom stereocenters. The van der Waals surface area contributed by atoms with Crippen LogP contribution in [0.3, 0.4) is 0 Å². The van der Waals surface area contributed by atoms with Gasteiger partial charge < -0.3 is 43.6 Å². The molecule has 0 aromatic heterocycles. The van der Waals surface area contributed by atoms with E-state index in [-0.39, 0.29) is 13.0 Å². The van der Waals surface area contributed by atoms with Gasteiger partial charge in [0.2, 0.25) is 0 Å². The Kier molecular flexibility index (Phi) is 26.4. The summed E-state index contributed by atoms with van der Waals surface area (Å²) in [5.41, 5.74) is 0. The fourth-order valence-corrected chi connectivity index (χ4v) is 2.05. The van der Waals surface area contributed by atoms with Crippen LogP contribution in [0.15, 0.2) is 0 Å². The van der Waals surface area contributed by atoms with Crippen LogP contribution in [0.2, 0.25) is 0 Å². The van der Waals surface area contributed by atoms with Gasteiger partial charge in [0.25, 0.3) is 0 Å². The van der Waals surface area contributed by atoms with Crippen molar-refractivity contribution in [2.45, 2.75) is 13.3 Å². The predicted molar refractivity (Wildman–Crippen MR) is 115 cm³/mol. The van der Waals surface area contributed by atoms with Gasteiger partial charge in [-0.2, -0.15) is 0 Å². The third kappa shape index (κ3) is 29.1. The van der Waals surface area contributed by atoms with Gasteiger partial charge in [0.05, 0.1) is 92.4 Å². The van der Waals surface area contributed by atoms with Gasteiger partial charge in [0.15, 0.2) is 0 Å². The monoisotopic (exact) mass is 454 g/mol. The molecule has 0 saturated heterocycles. The Balaban J connectivity index is 3.00. The number of aliphatic carboxylic acids is 1. The van der Waals surface area contributed by atoms with Crippen molar-refractivity contribution in [2.75, 3.05) is 112 Å². The van der Waals surface area contributed by atoms with Crippen LogP contribution in [0.1, 0.15) is 13.3 Å². The van der Waals surface area contributed by atoms with E-state index in [0.29, 0.717) is 79.4 Å². The van der Waals surface area contributed by atoms with Crippen molar-refractivity contribution >= 4 is 5.97 Å². The summed E-state index contributed by atoms with van der Waals surface area (Å²) in [6, 6.07) is 0. The summed E-state index contributed by atoms with van der Waals surface area (Å²) < 4.78 is 37.2. The second kappa shape index (κ2) is 27.1. The maximum Gasteiger partial charge on any atom is 0.305 e. The molecule has 31 heavy (non-hydrogen) atoms. The molecule has 11 nitrogen and oxygen atoms in total. The first-order valence-electron chi connectivity index (χ1n) is 10.9. The summed E-state index contributed by atoms with van der Waals surface area (Å²) in [6.07, 6.45) is 0.00820. The van der Waals surface area contributed by atoms with E-state index in [1.165, 1.54) is 0 Å². The highest BCUT2D eigenvalue weighted by Crippen LogP contribution is 1.86. The molecule has 0 heterocycles. The highest BCUT2D eigenvalue weighted by atomic mass is 16.6. The number of rotatable bonds is 27. The number of ether oxygens (including phenoxy) is 7. The number of carboxylic acid groups (broad SMARTS) is 1. The first-order valence-corrected chi connectivity index (χ1v) is 10.9. The van der Waals surface area contributed by atoms with Crippen LogP contribution < -0.4 is 10.6 Å². The molecule has 0 aliphatic heterocycles. The maximum absolute atomic E-state index is 10.3. The van der Waals surface area contributed by atoms with Crippen molar-refractivity contribution < 1.29 is 43.1 Å². The number of nitrogens with one attached hydrogen (secondary N) is 2. The highest BCUT2D eigenvalue weighted by Gasteiger charge is 1.97. The quantitative estimate of drug-likeness (QED) is 0.112. The fourth-order valence-electron chi connectivity index (χ4n) is 2.05. The topological polar surface area (TPSA) is 126 Å². The van der Waals surface area contributed by atoms with E-state index in [4.69, 9.17) is 38.3 Å². The summed E-state index contributed by atoms with van der Waals surface area (Å²) in [5.74, 6) is -0.866. The van der Waals surface area contributed by atoms with Crippen molar-refractivity contribution in [3.8, 4) is 0 Å². The second-order valence-electron chi connectivity index (χ2n) is 6.21. The van der Waals surface area contributed by atoms with Gasteiger partial charge in [-0.3, -0.25) is 10.1 Å². The number of hydrogen-bond donors (Lipinski definition) is 3. The van der Waals surface area contributed by atoms with Crippen LogP contribution in [0, 0.1) is 0 Å². The molecule has 0 aromatic rings. The van der Waals surface area contributed by atoms with Crippen molar-refractivity contribution in [2.24, 2.45) is 0 Å². The Bertz CT molecular complexity index is 366. The van der Waals surface area contributed by atoms with E-state index in [1.807, 2.05) is 6.92 Å². The van der Waals surface area contributed by atoms with Crippen LogP contribution in [-0.2, 0) is 38.0 Å². The number of carboxylic acids is 1. The molecule has 0 aromatic carbocycles. The van der Waals surface area contributed by atoms with Gasteiger partial charge in [0.1, 0.15) is 0 Å². The molecule has 0 radical (unpaired) electrons. The fraction of sp³-hybridized carbons (Fsp3) is 0.950. The minimum absolute atomic E-state index is 0.00820. The largest absolute Gasteiger partial charge is 0.481 e. The Labute approximate surface area is 186 Å². The molecule has 0 rings (SSSR count). The maximum atomic E-state index is 10.3. The Morgan fingerprint density at radius 2 is 1.00 bits per heavy atom. The first kappa shape index (κ1) is 30.1. The lowest BCUT2D eigenvalue weighted by molar-refractivity contribution is -0.138. The number of hydrogen-bond acceptors (Lipinski definition) is 10. The third-order valence-corrected chi connectivity index (χ3v) is 3.63. The standard InChI is InChI=1S/C20H42N2O9/c1-2-25-19-22-5-4-21-6-8-27-10-12-29-14-16-31-18-17-30-15-13-28-11-9-26-7-3-20(23)24/h21-22H,2-19H2,1H3,(H,23,24). The molecule has 0 bridgehead atoms. The Morgan fingerprint density at radius 1 is 0.581 bits per heavy atom. The van der Waals surface area contributed by atoms with Gasteiger partial charge in [-0.15, -0.1) is 0 Å². The van der Waals surface area contributed by atoms with E-state index in [9.17, 15) is 4.79 Å². The smallest absolute Gasteiger partial charge is 0.305 e. The van der Waals surface area contributed by atoms with Crippen LogP contribution in [0.4, 0.5) is 0 Å². The molecule has 0 saturated carbocycles. The molecule has 186 valence electrons. The Hall–Kier alpha value is -0.890. The van der Waals surface area contributed by atoms with E-state index >= 15 is 0 Å². The molecular formula is C20H42N2O9. The van der Waals surface area contributed by atoms with E-state index in [2.05, 4.69) is 10.6 Å². The summed E-state index contributed by atoms with van der Waals surface area (Å²) in [7, 11) is 0. The molecule has 0 spiro atoms. The SMILES string of the molecule is CCOCNCCNCCOCCOCCOCCOCCOCCOCCC(=O)O. The molecule has 11 heteroatoms. The summed E-state index contributed by atoms with van der Waals surface area (Å²) in [6.45, 7) is 11.6. The van der Waals surface area contributed by atoms with Crippen LogP contribution in [0.25, 0.3) is 0 Å². The summed E-state index contributed by atoms with van der Waals surface area (Å²) in [5, 5.41) is 14.9. The number of carbonyl (C=O) groups is 1. The average Bonchev–Trinajstić information content (AvgIpc) is 2.76.